The van der Waals surface area contributed by atoms with Crippen molar-refractivity contribution in [2.75, 3.05) is 11.9 Å². The molecule has 0 aliphatic rings. The summed E-state index contributed by atoms with van der Waals surface area (Å²) in [5.74, 6) is -0.383. The van der Waals surface area contributed by atoms with Gasteiger partial charge in [-0.05, 0) is 31.9 Å². The summed E-state index contributed by atoms with van der Waals surface area (Å²) in [6.45, 7) is 4.23. The molecule has 1 N–H and O–H groups in total. The lowest BCUT2D eigenvalue weighted by atomic mass is 10.1. The first-order chi connectivity index (χ1) is 9.06. The minimum Gasteiger partial charge on any atom is -0.368 e. The van der Waals surface area contributed by atoms with Crippen molar-refractivity contribution in [2.45, 2.75) is 20.3 Å². The van der Waals surface area contributed by atoms with E-state index in [4.69, 9.17) is 0 Å². The number of hydrogen-bond acceptors (Lipinski definition) is 3. The molecular weight excluding hydrogens is 248 g/mol. The maximum absolute atomic E-state index is 13.4. The van der Waals surface area contributed by atoms with Crippen molar-refractivity contribution in [2.24, 2.45) is 0 Å². The van der Waals surface area contributed by atoms with E-state index in [1.54, 1.807) is 6.20 Å². The summed E-state index contributed by atoms with van der Waals surface area (Å²) >= 11 is 0. The van der Waals surface area contributed by atoms with Crippen LogP contribution in [0.1, 0.15) is 17.0 Å². The van der Waals surface area contributed by atoms with Crippen molar-refractivity contribution in [3.8, 4) is 0 Å². The SMILES string of the molecule is Cc1cnc(C)c(NCCc2ccc(F)cc2F)n1. The molecule has 0 saturated carbocycles. The Kier molecular flexibility index (Phi) is 4.04. The van der Waals surface area contributed by atoms with Gasteiger partial charge in [-0.2, -0.15) is 0 Å². The molecule has 1 heterocycles. The van der Waals surface area contributed by atoms with Gasteiger partial charge in [-0.3, -0.25) is 4.98 Å². The Hall–Kier alpha value is -2.04. The molecule has 100 valence electrons. The third kappa shape index (κ3) is 3.47. The van der Waals surface area contributed by atoms with E-state index in [2.05, 4.69) is 15.3 Å². The zero-order valence-corrected chi connectivity index (χ0v) is 10.9. The van der Waals surface area contributed by atoms with Crippen LogP contribution in [0, 0.1) is 25.5 Å². The van der Waals surface area contributed by atoms with Gasteiger partial charge in [0.15, 0.2) is 0 Å². The molecule has 0 saturated heterocycles. The molecule has 1 aromatic heterocycles. The second-order valence-corrected chi connectivity index (χ2v) is 4.36. The highest BCUT2D eigenvalue weighted by Crippen LogP contribution is 2.12. The second-order valence-electron chi connectivity index (χ2n) is 4.36. The van der Waals surface area contributed by atoms with E-state index in [1.165, 1.54) is 12.1 Å². The van der Waals surface area contributed by atoms with Gasteiger partial charge in [-0.1, -0.05) is 6.07 Å². The fourth-order valence-electron chi connectivity index (χ4n) is 1.74. The van der Waals surface area contributed by atoms with E-state index in [9.17, 15) is 8.78 Å². The predicted molar refractivity (Wildman–Crippen MR) is 70.1 cm³/mol. The summed E-state index contributed by atoms with van der Waals surface area (Å²) in [6, 6.07) is 3.62. The van der Waals surface area contributed by atoms with Crippen LogP contribution in [0.15, 0.2) is 24.4 Å². The van der Waals surface area contributed by atoms with E-state index < -0.39 is 11.6 Å². The van der Waals surface area contributed by atoms with Gasteiger partial charge in [0.2, 0.25) is 0 Å². The van der Waals surface area contributed by atoms with Crippen LogP contribution < -0.4 is 5.32 Å². The lowest BCUT2D eigenvalue weighted by Crippen LogP contribution is -2.10. The van der Waals surface area contributed by atoms with Gasteiger partial charge >= 0.3 is 0 Å². The van der Waals surface area contributed by atoms with Crippen LogP contribution in [0.2, 0.25) is 0 Å². The largest absolute Gasteiger partial charge is 0.368 e. The Morgan fingerprint density at radius 1 is 1.21 bits per heavy atom. The van der Waals surface area contributed by atoms with E-state index in [-0.39, 0.29) is 0 Å². The molecule has 0 fully saturated rings. The van der Waals surface area contributed by atoms with Crippen LogP contribution in [0.25, 0.3) is 0 Å². The monoisotopic (exact) mass is 263 g/mol. The van der Waals surface area contributed by atoms with E-state index >= 15 is 0 Å². The molecule has 3 nitrogen and oxygen atoms in total. The normalized spacial score (nSPS) is 10.5. The van der Waals surface area contributed by atoms with E-state index in [0.717, 1.165) is 17.5 Å². The number of benzene rings is 1. The molecule has 0 aliphatic heterocycles. The average Bonchev–Trinajstić information content (AvgIpc) is 2.36. The van der Waals surface area contributed by atoms with Gasteiger partial charge < -0.3 is 5.32 Å². The number of halogens is 2. The molecule has 0 bridgehead atoms. The fraction of sp³-hybridized carbons (Fsp3) is 0.286. The van der Waals surface area contributed by atoms with Crippen molar-refractivity contribution in [3.05, 3.63) is 53.0 Å². The standard InChI is InChI=1S/C14H15F2N3/c1-9-8-18-10(2)14(19-9)17-6-5-11-3-4-12(15)7-13(11)16/h3-4,7-8H,5-6H2,1-2H3,(H,17,19). The third-order valence-electron chi connectivity index (χ3n) is 2.78. The smallest absolute Gasteiger partial charge is 0.147 e. The highest BCUT2D eigenvalue weighted by molar-refractivity contribution is 5.39. The summed E-state index contributed by atoms with van der Waals surface area (Å²) in [7, 11) is 0. The molecule has 5 heteroatoms. The number of nitrogens with zero attached hydrogens (tertiary/aromatic N) is 2. The lowest BCUT2D eigenvalue weighted by molar-refractivity contribution is 0.572. The Morgan fingerprint density at radius 3 is 2.74 bits per heavy atom. The molecule has 0 spiro atoms. The van der Waals surface area contributed by atoms with Crippen LogP contribution in [-0.2, 0) is 6.42 Å². The molecule has 0 atom stereocenters. The van der Waals surface area contributed by atoms with E-state index in [1.807, 2.05) is 13.8 Å². The molecule has 0 aliphatic carbocycles. The Balaban J connectivity index is 1.98. The maximum atomic E-state index is 13.4. The van der Waals surface area contributed by atoms with Crippen molar-refractivity contribution < 1.29 is 8.78 Å². The topological polar surface area (TPSA) is 37.8 Å². The zero-order chi connectivity index (χ0) is 13.8. The molecule has 0 amide bonds. The maximum Gasteiger partial charge on any atom is 0.147 e. The summed E-state index contributed by atoms with van der Waals surface area (Å²) in [5, 5.41) is 3.11. The Bertz CT molecular complexity index is 585. The van der Waals surface area contributed by atoms with Gasteiger partial charge in [0, 0.05) is 18.8 Å². The average molecular weight is 263 g/mol. The van der Waals surface area contributed by atoms with Crippen molar-refractivity contribution >= 4 is 5.82 Å². The number of rotatable bonds is 4. The molecule has 2 aromatic rings. The fourth-order valence-corrected chi connectivity index (χ4v) is 1.74. The molecule has 0 radical (unpaired) electrons. The quantitative estimate of drug-likeness (QED) is 0.921. The summed E-state index contributed by atoms with van der Waals surface area (Å²) < 4.78 is 26.2. The van der Waals surface area contributed by atoms with Crippen LogP contribution in [0.4, 0.5) is 14.6 Å². The van der Waals surface area contributed by atoms with Crippen LogP contribution >= 0.6 is 0 Å². The number of nitrogens with one attached hydrogen (secondary N) is 1. The second kappa shape index (κ2) is 5.73. The first-order valence-electron chi connectivity index (χ1n) is 6.04. The molecule has 1 aromatic carbocycles. The first-order valence-corrected chi connectivity index (χ1v) is 6.04. The highest BCUT2D eigenvalue weighted by atomic mass is 19.1. The van der Waals surface area contributed by atoms with Crippen molar-refractivity contribution in [1.82, 2.24) is 9.97 Å². The van der Waals surface area contributed by atoms with Crippen LogP contribution in [0.5, 0.6) is 0 Å². The van der Waals surface area contributed by atoms with Crippen molar-refractivity contribution in [1.29, 1.82) is 0 Å². The molecule has 0 unspecified atom stereocenters. The third-order valence-corrected chi connectivity index (χ3v) is 2.78. The molecule has 19 heavy (non-hydrogen) atoms. The van der Waals surface area contributed by atoms with Gasteiger partial charge in [-0.15, -0.1) is 0 Å². The zero-order valence-electron chi connectivity index (χ0n) is 10.9. The van der Waals surface area contributed by atoms with Gasteiger partial charge in [0.1, 0.15) is 17.5 Å². The highest BCUT2D eigenvalue weighted by Gasteiger charge is 2.05. The minimum absolute atomic E-state index is 0.459. The number of aryl methyl sites for hydroxylation is 2. The lowest BCUT2D eigenvalue weighted by Gasteiger charge is -2.09. The Morgan fingerprint density at radius 2 is 2.00 bits per heavy atom. The van der Waals surface area contributed by atoms with Gasteiger partial charge in [0.05, 0.1) is 11.4 Å². The summed E-state index contributed by atoms with van der Waals surface area (Å²) in [5.41, 5.74) is 2.10. The minimum atomic E-state index is -0.561. The number of aromatic nitrogens is 2. The van der Waals surface area contributed by atoms with Gasteiger partial charge in [-0.25, -0.2) is 13.8 Å². The number of anilines is 1. The van der Waals surface area contributed by atoms with Crippen LogP contribution in [0.3, 0.4) is 0 Å². The first kappa shape index (κ1) is 13.4. The van der Waals surface area contributed by atoms with Gasteiger partial charge in [0.25, 0.3) is 0 Å². The summed E-state index contributed by atoms with van der Waals surface area (Å²) in [4.78, 5) is 8.50. The van der Waals surface area contributed by atoms with E-state index in [0.29, 0.717) is 24.3 Å². The summed E-state index contributed by atoms with van der Waals surface area (Å²) in [6.07, 6.45) is 2.15. The van der Waals surface area contributed by atoms with Crippen molar-refractivity contribution in [3.63, 3.8) is 0 Å². The molecule has 2 rings (SSSR count). The predicted octanol–water partition coefficient (Wildman–Crippen LogP) is 3.03. The van der Waals surface area contributed by atoms with Crippen LogP contribution in [-0.4, -0.2) is 16.5 Å². The number of hydrogen-bond donors (Lipinski definition) is 1. The Labute approximate surface area is 110 Å². The molecular formula is C14H15F2N3.